The zero-order valence-corrected chi connectivity index (χ0v) is 15.6. The topological polar surface area (TPSA) is 59.1 Å². The molecule has 3 aromatic rings. The predicted molar refractivity (Wildman–Crippen MR) is 104 cm³/mol. The van der Waals surface area contributed by atoms with Crippen molar-refractivity contribution in [2.75, 3.05) is 11.6 Å². The van der Waals surface area contributed by atoms with Crippen molar-refractivity contribution in [1.82, 2.24) is 4.98 Å². The molecular weight excluding hydrogens is 352 g/mol. The van der Waals surface area contributed by atoms with Gasteiger partial charge >= 0.3 is 0 Å². The van der Waals surface area contributed by atoms with Gasteiger partial charge in [0, 0.05) is 39.3 Å². The number of carbonyl (C=O) groups excluding carboxylic acids is 1. The van der Waals surface area contributed by atoms with Gasteiger partial charge in [-0.2, -0.15) is 0 Å². The number of benzene rings is 2. The maximum atomic E-state index is 12.4. The first-order valence-electron chi connectivity index (χ1n) is 7.75. The SMILES string of the molecule is Cc1ccccc1-c1csc(NC(=O)c2cccc(CS(C)=O)c2)n1. The minimum atomic E-state index is -0.938. The van der Waals surface area contributed by atoms with Crippen LogP contribution in [0.1, 0.15) is 21.5 Å². The Balaban J connectivity index is 1.76. The van der Waals surface area contributed by atoms with E-state index >= 15 is 0 Å². The van der Waals surface area contributed by atoms with Crippen LogP contribution < -0.4 is 5.32 Å². The van der Waals surface area contributed by atoms with Gasteiger partial charge in [-0.25, -0.2) is 4.98 Å². The van der Waals surface area contributed by atoms with Crippen molar-refractivity contribution in [2.45, 2.75) is 12.7 Å². The van der Waals surface area contributed by atoms with Crippen molar-refractivity contribution in [3.8, 4) is 11.3 Å². The average Bonchev–Trinajstić information content (AvgIpc) is 3.03. The third-order valence-corrected chi connectivity index (χ3v) is 5.20. The highest BCUT2D eigenvalue weighted by molar-refractivity contribution is 7.83. The number of nitrogens with one attached hydrogen (secondary N) is 1. The molecule has 25 heavy (non-hydrogen) atoms. The van der Waals surface area contributed by atoms with Gasteiger partial charge < -0.3 is 0 Å². The first-order chi connectivity index (χ1) is 12.0. The first-order valence-corrected chi connectivity index (χ1v) is 10.4. The summed E-state index contributed by atoms with van der Waals surface area (Å²) in [6.07, 6.45) is 1.65. The summed E-state index contributed by atoms with van der Waals surface area (Å²) in [5, 5.41) is 5.34. The number of aryl methyl sites for hydroxylation is 1. The third-order valence-electron chi connectivity index (χ3n) is 3.70. The molecule has 1 aromatic heterocycles. The van der Waals surface area contributed by atoms with E-state index in [9.17, 15) is 9.00 Å². The van der Waals surface area contributed by atoms with Crippen molar-refractivity contribution >= 4 is 33.2 Å². The van der Waals surface area contributed by atoms with Crippen LogP contribution in [0.5, 0.6) is 0 Å². The molecule has 2 aromatic carbocycles. The first kappa shape index (κ1) is 17.5. The summed E-state index contributed by atoms with van der Waals surface area (Å²) in [6, 6.07) is 15.2. The van der Waals surface area contributed by atoms with Gasteiger partial charge in [0.05, 0.1) is 5.69 Å². The summed E-state index contributed by atoms with van der Waals surface area (Å²) < 4.78 is 11.4. The molecule has 0 saturated heterocycles. The van der Waals surface area contributed by atoms with Crippen LogP contribution in [0.3, 0.4) is 0 Å². The van der Waals surface area contributed by atoms with Gasteiger partial charge in [0.15, 0.2) is 5.13 Å². The summed E-state index contributed by atoms with van der Waals surface area (Å²) in [7, 11) is -0.938. The monoisotopic (exact) mass is 370 g/mol. The second-order valence-corrected chi connectivity index (χ2v) is 8.02. The third kappa shape index (κ3) is 4.41. The van der Waals surface area contributed by atoms with Gasteiger partial charge in [-0.05, 0) is 30.2 Å². The zero-order chi connectivity index (χ0) is 17.8. The Bertz CT molecular complexity index is 934. The van der Waals surface area contributed by atoms with Crippen LogP contribution >= 0.6 is 11.3 Å². The fraction of sp³-hybridized carbons (Fsp3) is 0.158. The normalized spacial score (nSPS) is 11.9. The molecule has 0 spiro atoms. The number of thiazole rings is 1. The second kappa shape index (κ2) is 7.72. The van der Waals surface area contributed by atoms with E-state index in [1.165, 1.54) is 11.3 Å². The highest BCUT2D eigenvalue weighted by Crippen LogP contribution is 2.27. The predicted octanol–water partition coefficient (Wildman–Crippen LogP) is 4.25. The summed E-state index contributed by atoms with van der Waals surface area (Å²) in [5.41, 5.74) is 4.48. The molecule has 0 fully saturated rings. The Kier molecular flexibility index (Phi) is 5.40. The Hall–Kier alpha value is -2.31. The minimum Gasteiger partial charge on any atom is -0.298 e. The van der Waals surface area contributed by atoms with E-state index in [0.717, 1.165) is 22.4 Å². The Labute approximate surface area is 153 Å². The minimum absolute atomic E-state index is 0.214. The fourth-order valence-electron chi connectivity index (χ4n) is 2.52. The number of hydrogen-bond acceptors (Lipinski definition) is 4. The average molecular weight is 370 g/mol. The number of anilines is 1. The molecule has 0 aliphatic carbocycles. The molecule has 1 N–H and O–H groups in total. The molecule has 1 amide bonds. The van der Waals surface area contributed by atoms with Gasteiger partial charge in [-0.1, -0.05) is 36.4 Å². The van der Waals surface area contributed by atoms with E-state index in [-0.39, 0.29) is 5.91 Å². The fourth-order valence-corrected chi connectivity index (χ4v) is 3.88. The lowest BCUT2D eigenvalue weighted by Gasteiger charge is -2.04. The van der Waals surface area contributed by atoms with E-state index < -0.39 is 10.8 Å². The van der Waals surface area contributed by atoms with Crippen molar-refractivity contribution in [3.05, 3.63) is 70.6 Å². The molecular formula is C19H18N2O2S2. The van der Waals surface area contributed by atoms with Crippen molar-refractivity contribution in [3.63, 3.8) is 0 Å². The number of rotatable bonds is 5. The van der Waals surface area contributed by atoms with E-state index in [1.807, 2.05) is 42.6 Å². The lowest BCUT2D eigenvalue weighted by atomic mass is 10.1. The Morgan fingerprint density at radius 2 is 2.00 bits per heavy atom. The highest BCUT2D eigenvalue weighted by Gasteiger charge is 2.11. The van der Waals surface area contributed by atoms with Gasteiger partial charge in [-0.3, -0.25) is 14.3 Å². The standard InChI is InChI=1S/C19H18N2O2S2/c1-13-6-3-4-9-16(13)17-11-24-19(20-17)21-18(22)15-8-5-7-14(10-15)12-25(2)23/h3-11H,12H2,1-2H3,(H,20,21,22). The zero-order valence-electron chi connectivity index (χ0n) is 14.0. The van der Waals surface area contributed by atoms with Gasteiger partial charge in [0.25, 0.3) is 5.91 Å². The maximum absolute atomic E-state index is 12.4. The Morgan fingerprint density at radius 3 is 2.76 bits per heavy atom. The highest BCUT2D eigenvalue weighted by atomic mass is 32.2. The van der Waals surface area contributed by atoms with E-state index in [1.54, 1.807) is 24.5 Å². The summed E-state index contributed by atoms with van der Waals surface area (Å²) in [4.78, 5) is 17.0. The molecule has 0 aliphatic heterocycles. The number of amides is 1. The molecule has 0 aliphatic rings. The largest absolute Gasteiger partial charge is 0.298 e. The maximum Gasteiger partial charge on any atom is 0.257 e. The van der Waals surface area contributed by atoms with E-state index in [4.69, 9.17) is 0 Å². The molecule has 1 atom stereocenters. The molecule has 0 bridgehead atoms. The number of aromatic nitrogens is 1. The lowest BCUT2D eigenvalue weighted by molar-refractivity contribution is 0.102. The molecule has 1 heterocycles. The molecule has 0 saturated carbocycles. The van der Waals surface area contributed by atoms with Crippen molar-refractivity contribution < 1.29 is 9.00 Å². The van der Waals surface area contributed by atoms with Crippen LogP contribution in [0.2, 0.25) is 0 Å². The summed E-state index contributed by atoms with van der Waals surface area (Å²) >= 11 is 1.40. The van der Waals surface area contributed by atoms with Crippen molar-refractivity contribution in [2.24, 2.45) is 0 Å². The second-order valence-electron chi connectivity index (χ2n) is 5.72. The lowest BCUT2D eigenvalue weighted by Crippen LogP contribution is -2.12. The number of carbonyl (C=O) groups is 1. The van der Waals surface area contributed by atoms with Crippen LogP contribution in [0.4, 0.5) is 5.13 Å². The van der Waals surface area contributed by atoms with E-state index in [0.29, 0.717) is 16.4 Å². The molecule has 0 radical (unpaired) electrons. The van der Waals surface area contributed by atoms with Gasteiger partial charge in [0.1, 0.15) is 0 Å². The van der Waals surface area contributed by atoms with Crippen LogP contribution in [0.15, 0.2) is 53.9 Å². The summed E-state index contributed by atoms with van der Waals surface area (Å²) in [6.45, 7) is 2.04. The molecule has 4 nitrogen and oxygen atoms in total. The molecule has 1 unspecified atom stereocenters. The Morgan fingerprint density at radius 1 is 1.20 bits per heavy atom. The molecule has 3 rings (SSSR count). The van der Waals surface area contributed by atoms with Crippen LogP contribution in [-0.2, 0) is 16.6 Å². The number of hydrogen-bond donors (Lipinski definition) is 1. The number of nitrogens with zero attached hydrogens (tertiary/aromatic N) is 1. The smallest absolute Gasteiger partial charge is 0.257 e. The van der Waals surface area contributed by atoms with E-state index in [2.05, 4.69) is 10.3 Å². The molecule has 6 heteroatoms. The quantitative estimate of drug-likeness (QED) is 0.730. The summed E-state index contributed by atoms with van der Waals surface area (Å²) in [5.74, 6) is 0.227. The van der Waals surface area contributed by atoms with Gasteiger partial charge in [-0.15, -0.1) is 11.3 Å². The van der Waals surface area contributed by atoms with Crippen LogP contribution in [0, 0.1) is 6.92 Å². The van der Waals surface area contributed by atoms with Crippen molar-refractivity contribution in [1.29, 1.82) is 0 Å². The van der Waals surface area contributed by atoms with Gasteiger partial charge in [0.2, 0.25) is 0 Å². The molecule has 128 valence electrons. The van der Waals surface area contributed by atoms with Crippen LogP contribution in [-0.4, -0.2) is 21.4 Å². The van der Waals surface area contributed by atoms with Crippen LogP contribution in [0.25, 0.3) is 11.3 Å².